The Morgan fingerprint density at radius 1 is 1.32 bits per heavy atom. The first kappa shape index (κ1) is 15.6. The number of nitrogens with zero attached hydrogens (tertiary/aromatic N) is 5. The van der Waals surface area contributed by atoms with Gasteiger partial charge in [0.15, 0.2) is 11.5 Å². The summed E-state index contributed by atoms with van der Waals surface area (Å²) in [4.78, 5) is 14.2. The molecule has 0 atom stereocenters. The number of piperazine rings is 1. The first-order valence-electron chi connectivity index (χ1n) is 8.81. The lowest BCUT2D eigenvalue weighted by Gasteiger charge is -2.30. The molecule has 0 spiro atoms. The van der Waals surface area contributed by atoms with E-state index in [0.717, 1.165) is 60.8 Å². The van der Waals surface area contributed by atoms with Gasteiger partial charge in [0.05, 0.1) is 24.1 Å². The second-order valence-corrected chi connectivity index (χ2v) is 8.56. The van der Waals surface area contributed by atoms with Crippen molar-refractivity contribution in [1.29, 1.82) is 0 Å². The van der Waals surface area contributed by atoms with Gasteiger partial charge in [0.2, 0.25) is 0 Å². The quantitative estimate of drug-likeness (QED) is 0.750. The van der Waals surface area contributed by atoms with Crippen molar-refractivity contribution in [2.45, 2.75) is 39.0 Å². The number of hydrogen-bond acceptors (Lipinski definition) is 7. The van der Waals surface area contributed by atoms with Crippen LogP contribution >= 0.6 is 11.3 Å². The third-order valence-electron chi connectivity index (χ3n) is 5.03. The van der Waals surface area contributed by atoms with Gasteiger partial charge in [-0.25, -0.2) is 14.5 Å². The molecular weight excluding hydrogens is 336 g/mol. The van der Waals surface area contributed by atoms with E-state index in [4.69, 9.17) is 9.72 Å². The molecule has 1 fully saturated rings. The highest BCUT2D eigenvalue weighted by atomic mass is 32.1. The molecule has 25 heavy (non-hydrogen) atoms. The average molecular weight is 358 g/mol. The van der Waals surface area contributed by atoms with Crippen LogP contribution in [-0.4, -0.2) is 56.3 Å². The molecule has 1 N–H and O–H groups in total. The standard InChI is InChI=1S/C17H22N6OS/c1-17(2)7-11-12(9-24-17)25-16-14(11)15-20-13(21-23(15)10-19-16)8-22-5-3-18-4-6-22/h10,18H,3-9H2,1-2H3. The Balaban J connectivity index is 1.58. The number of thiophene rings is 1. The van der Waals surface area contributed by atoms with Gasteiger partial charge in [0.25, 0.3) is 0 Å². The summed E-state index contributed by atoms with van der Waals surface area (Å²) in [5, 5.41) is 9.22. The van der Waals surface area contributed by atoms with Gasteiger partial charge in [-0.15, -0.1) is 16.4 Å². The van der Waals surface area contributed by atoms with E-state index in [1.54, 1.807) is 17.7 Å². The molecule has 2 aliphatic heterocycles. The van der Waals surface area contributed by atoms with E-state index in [0.29, 0.717) is 6.61 Å². The molecule has 0 saturated carbocycles. The SMILES string of the molecule is CC1(C)Cc2c(sc3ncn4nc(CN5CCNCC5)nc4c23)CO1. The third kappa shape index (κ3) is 2.73. The summed E-state index contributed by atoms with van der Waals surface area (Å²) in [6, 6.07) is 0. The van der Waals surface area contributed by atoms with Crippen LogP contribution in [0, 0.1) is 0 Å². The van der Waals surface area contributed by atoms with E-state index in [2.05, 4.69) is 34.1 Å². The monoisotopic (exact) mass is 358 g/mol. The Morgan fingerprint density at radius 3 is 3.00 bits per heavy atom. The highest BCUT2D eigenvalue weighted by Gasteiger charge is 2.30. The van der Waals surface area contributed by atoms with Gasteiger partial charge in [0.1, 0.15) is 11.2 Å². The number of nitrogens with one attached hydrogen (secondary N) is 1. The predicted octanol–water partition coefficient (Wildman–Crippen LogP) is 1.60. The van der Waals surface area contributed by atoms with Gasteiger partial charge in [-0.05, 0) is 19.4 Å². The van der Waals surface area contributed by atoms with Crippen LogP contribution in [0.2, 0.25) is 0 Å². The molecule has 3 aromatic heterocycles. The topological polar surface area (TPSA) is 67.6 Å². The molecule has 1 saturated heterocycles. The van der Waals surface area contributed by atoms with E-state index in [-0.39, 0.29) is 5.60 Å². The summed E-state index contributed by atoms with van der Waals surface area (Å²) in [6.07, 6.45) is 2.68. The fourth-order valence-corrected chi connectivity index (χ4v) is 4.79. The van der Waals surface area contributed by atoms with Crippen LogP contribution in [0.1, 0.15) is 30.1 Å². The lowest BCUT2D eigenvalue weighted by Crippen LogP contribution is -2.43. The molecule has 0 aliphatic carbocycles. The van der Waals surface area contributed by atoms with Crippen LogP contribution in [0.25, 0.3) is 15.9 Å². The molecule has 5 heterocycles. The zero-order chi connectivity index (χ0) is 17.0. The minimum atomic E-state index is -0.141. The molecule has 0 bridgehead atoms. The Bertz CT molecular complexity index is 940. The molecule has 0 aromatic carbocycles. The second kappa shape index (κ2) is 5.70. The van der Waals surface area contributed by atoms with Crippen molar-refractivity contribution in [3.8, 4) is 0 Å². The molecule has 0 radical (unpaired) electrons. The van der Waals surface area contributed by atoms with Crippen LogP contribution in [0.15, 0.2) is 6.33 Å². The Morgan fingerprint density at radius 2 is 2.16 bits per heavy atom. The van der Waals surface area contributed by atoms with E-state index < -0.39 is 0 Å². The van der Waals surface area contributed by atoms with Crippen molar-refractivity contribution in [3.63, 3.8) is 0 Å². The highest BCUT2D eigenvalue weighted by Crippen LogP contribution is 2.39. The van der Waals surface area contributed by atoms with E-state index in [9.17, 15) is 0 Å². The van der Waals surface area contributed by atoms with Gasteiger partial charge in [-0.1, -0.05) is 0 Å². The number of aromatic nitrogens is 4. The van der Waals surface area contributed by atoms with E-state index >= 15 is 0 Å². The van der Waals surface area contributed by atoms with Crippen LogP contribution in [0.5, 0.6) is 0 Å². The van der Waals surface area contributed by atoms with Crippen LogP contribution < -0.4 is 5.32 Å². The lowest BCUT2D eigenvalue weighted by molar-refractivity contribution is -0.0379. The number of fused-ring (bicyclic) bond motifs is 5. The first-order valence-corrected chi connectivity index (χ1v) is 9.62. The molecule has 132 valence electrons. The molecule has 5 rings (SSSR count). The Hall–Kier alpha value is -1.61. The largest absolute Gasteiger partial charge is 0.370 e. The zero-order valence-electron chi connectivity index (χ0n) is 14.6. The first-order chi connectivity index (χ1) is 12.1. The van der Waals surface area contributed by atoms with Crippen LogP contribution in [0.3, 0.4) is 0 Å². The smallest absolute Gasteiger partial charge is 0.168 e. The van der Waals surface area contributed by atoms with Crippen molar-refractivity contribution in [2.75, 3.05) is 26.2 Å². The molecule has 0 amide bonds. The summed E-state index contributed by atoms with van der Waals surface area (Å²) >= 11 is 1.72. The number of hydrogen-bond donors (Lipinski definition) is 1. The summed E-state index contributed by atoms with van der Waals surface area (Å²) in [5.74, 6) is 0.877. The molecule has 7 nitrogen and oxygen atoms in total. The fraction of sp³-hybridized carbons (Fsp3) is 0.588. The van der Waals surface area contributed by atoms with E-state index in [1.165, 1.54) is 10.4 Å². The third-order valence-corrected chi connectivity index (χ3v) is 6.14. The minimum Gasteiger partial charge on any atom is -0.370 e. The highest BCUT2D eigenvalue weighted by molar-refractivity contribution is 7.19. The Kier molecular flexibility index (Phi) is 3.56. The molecule has 8 heteroatoms. The average Bonchev–Trinajstić information content (AvgIpc) is 3.14. The molecule has 2 aliphatic rings. The summed E-state index contributed by atoms with van der Waals surface area (Å²) in [5.41, 5.74) is 2.14. The lowest BCUT2D eigenvalue weighted by atomic mass is 9.94. The fourth-order valence-electron chi connectivity index (χ4n) is 3.72. The van der Waals surface area contributed by atoms with Gasteiger partial charge in [0, 0.05) is 37.5 Å². The maximum absolute atomic E-state index is 5.97. The minimum absolute atomic E-state index is 0.141. The number of rotatable bonds is 2. The number of ether oxygens (including phenoxy) is 1. The normalized spacial score (nSPS) is 21.0. The summed E-state index contributed by atoms with van der Waals surface area (Å²) < 4.78 is 7.81. The Labute approximate surface area is 150 Å². The van der Waals surface area contributed by atoms with Crippen molar-refractivity contribution in [1.82, 2.24) is 29.8 Å². The summed E-state index contributed by atoms with van der Waals surface area (Å²) in [7, 11) is 0. The van der Waals surface area contributed by atoms with Gasteiger partial charge < -0.3 is 10.1 Å². The van der Waals surface area contributed by atoms with Gasteiger partial charge in [-0.3, -0.25) is 4.90 Å². The van der Waals surface area contributed by atoms with Crippen LogP contribution in [0.4, 0.5) is 0 Å². The van der Waals surface area contributed by atoms with Gasteiger partial charge in [-0.2, -0.15) is 0 Å². The molecule has 3 aromatic rings. The van der Waals surface area contributed by atoms with Crippen LogP contribution in [-0.2, 0) is 24.3 Å². The van der Waals surface area contributed by atoms with Crippen molar-refractivity contribution < 1.29 is 4.74 Å². The van der Waals surface area contributed by atoms with Crippen molar-refractivity contribution in [2.24, 2.45) is 0 Å². The van der Waals surface area contributed by atoms with Gasteiger partial charge >= 0.3 is 0 Å². The summed E-state index contributed by atoms with van der Waals surface area (Å²) in [6.45, 7) is 9.91. The maximum Gasteiger partial charge on any atom is 0.168 e. The van der Waals surface area contributed by atoms with Crippen molar-refractivity contribution >= 4 is 27.2 Å². The van der Waals surface area contributed by atoms with Crippen molar-refractivity contribution in [3.05, 3.63) is 22.6 Å². The van der Waals surface area contributed by atoms with E-state index in [1.807, 2.05) is 4.52 Å². The molecular formula is C17H22N6OS. The predicted molar refractivity (Wildman–Crippen MR) is 96.9 cm³/mol. The molecule has 0 unspecified atom stereocenters. The second-order valence-electron chi connectivity index (χ2n) is 7.48. The zero-order valence-corrected chi connectivity index (χ0v) is 15.4. The maximum atomic E-state index is 5.97.